The average molecular weight is 270 g/mol. The molecule has 19 heavy (non-hydrogen) atoms. The first-order valence-corrected chi connectivity index (χ1v) is 7.61. The quantitative estimate of drug-likeness (QED) is 0.664. The summed E-state index contributed by atoms with van der Waals surface area (Å²) in [5.41, 5.74) is 0.196. The molecule has 1 heterocycles. The topological polar surface area (TPSA) is 50.4 Å². The lowest BCUT2D eigenvalue weighted by Gasteiger charge is -2.27. The fraction of sp³-hybridized carbons (Fsp3) is 0.933. The van der Waals surface area contributed by atoms with E-state index in [0.717, 1.165) is 19.7 Å². The Morgan fingerprint density at radius 2 is 2.21 bits per heavy atom. The van der Waals surface area contributed by atoms with Gasteiger partial charge in [-0.2, -0.15) is 0 Å². The Bertz CT molecular complexity index is 261. The van der Waals surface area contributed by atoms with Crippen LogP contribution in [0.5, 0.6) is 0 Å². The van der Waals surface area contributed by atoms with E-state index in [0.29, 0.717) is 13.0 Å². The molecule has 0 radical (unpaired) electrons. The van der Waals surface area contributed by atoms with Crippen molar-refractivity contribution in [3.8, 4) is 0 Å². The number of amides is 1. The van der Waals surface area contributed by atoms with E-state index in [1.54, 1.807) is 0 Å². The number of unbranched alkanes of at least 4 members (excludes halogenated alkanes) is 2. The van der Waals surface area contributed by atoms with Crippen molar-refractivity contribution in [1.29, 1.82) is 0 Å². The highest BCUT2D eigenvalue weighted by Crippen LogP contribution is 2.22. The second kappa shape index (κ2) is 8.54. The third-order valence-electron chi connectivity index (χ3n) is 3.65. The summed E-state index contributed by atoms with van der Waals surface area (Å²) in [6, 6.07) is 0.178. The monoisotopic (exact) mass is 270 g/mol. The van der Waals surface area contributed by atoms with Gasteiger partial charge in [0.25, 0.3) is 0 Å². The molecule has 4 nitrogen and oxygen atoms in total. The van der Waals surface area contributed by atoms with E-state index in [1.165, 1.54) is 25.7 Å². The highest BCUT2D eigenvalue weighted by Gasteiger charge is 2.20. The van der Waals surface area contributed by atoms with Gasteiger partial charge in [0, 0.05) is 25.6 Å². The molecule has 0 saturated carbocycles. The molecule has 1 aliphatic heterocycles. The molecular formula is C15H30N2O2. The molecule has 1 aliphatic rings. The summed E-state index contributed by atoms with van der Waals surface area (Å²) in [4.78, 5) is 11.9. The van der Waals surface area contributed by atoms with E-state index < -0.39 is 0 Å². The first-order chi connectivity index (χ1) is 9.03. The first-order valence-electron chi connectivity index (χ1n) is 7.61. The minimum Gasteiger partial charge on any atom is -0.378 e. The van der Waals surface area contributed by atoms with Crippen molar-refractivity contribution >= 4 is 5.91 Å². The maximum absolute atomic E-state index is 11.9. The number of hydrogen-bond acceptors (Lipinski definition) is 3. The summed E-state index contributed by atoms with van der Waals surface area (Å²) < 4.78 is 5.35. The molecule has 2 N–H and O–H groups in total. The zero-order valence-corrected chi connectivity index (χ0v) is 12.8. The molecular weight excluding hydrogens is 240 g/mol. The van der Waals surface area contributed by atoms with E-state index in [4.69, 9.17) is 4.74 Å². The lowest BCUT2D eigenvalue weighted by molar-refractivity contribution is -0.122. The molecule has 0 aromatic heterocycles. The van der Waals surface area contributed by atoms with E-state index in [1.807, 2.05) is 0 Å². The summed E-state index contributed by atoms with van der Waals surface area (Å²) in [5.74, 6) is 0.131. The van der Waals surface area contributed by atoms with Crippen LogP contribution < -0.4 is 10.6 Å². The van der Waals surface area contributed by atoms with Gasteiger partial charge in [-0.15, -0.1) is 0 Å². The number of carbonyl (C=O) groups is 1. The van der Waals surface area contributed by atoms with E-state index in [2.05, 4.69) is 31.4 Å². The minimum atomic E-state index is 0.131. The Balaban J connectivity index is 2.17. The smallest absolute Gasteiger partial charge is 0.221 e. The fourth-order valence-corrected chi connectivity index (χ4v) is 2.33. The molecule has 1 atom stereocenters. The van der Waals surface area contributed by atoms with Crippen LogP contribution in [0.4, 0.5) is 0 Å². The second-order valence-corrected chi connectivity index (χ2v) is 6.33. The predicted octanol–water partition coefficient (Wildman–Crippen LogP) is 2.09. The van der Waals surface area contributed by atoms with Crippen molar-refractivity contribution in [2.75, 3.05) is 26.3 Å². The Morgan fingerprint density at radius 1 is 1.42 bits per heavy atom. The predicted molar refractivity (Wildman–Crippen MR) is 78.2 cm³/mol. The van der Waals surface area contributed by atoms with Gasteiger partial charge in [-0.25, -0.2) is 0 Å². The molecule has 1 saturated heterocycles. The Kier molecular flexibility index (Phi) is 7.39. The normalized spacial score (nSPS) is 20.3. The second-order valence-electron chi connectivity index (χ2n) is 6.33. The van der Waals surface area contributed by atoms with Crippen LogP contribution in [0.2, 0.25) is 0 Å². The Labute approximate surface area is 117 Å². The maximum atomic E-state index is 11.9. The van der Waals surface area contributed by atoms with E-state index in [9.17, 15) is 4.79 Å². The van der Waals surface area contributed by atoms with Crippen LogP contribution in [0.3, 0.4) is 0 Å². The zero-order valence-electron chi connectivity index (χ0n) is 12.8. The molecule has 4 heteroatoms. The van der Waals surface area contributed by atoms with Crippen molar-refractivity contribution in [1.82, 2.24) is 10.6 Å². The van der Waals surface area contributed by atoms with Gasteiger partial charge in [0.2, 0.25) is 5.91 Å². The van der Waals surface area contributed by atoms with Crippen molar-refractivity contribution in [2.24, 2.45) is 5.41 Å². The van der Waals surface area contributed by atoms with Crippen molar-refractivity contribution in [3.05, 3.63) is 0 Å². The van der Waals surface area contributed by atoms with Gasteiger partial charge >= 0.3 is 0 Å². The first kappa shape index (κ1) is 16.4. The van der Waals surface area contributed by atoms with Crippen LogP contribution in [0.25, 0.3) is 0 Å². The van der Waals surface area contributed by atoms with Gasteiger partial charge in [-0.05, 0) is 11.8 Å². The van der Waals surface area contributed by atoms with Crippen LogP contribution in [-0.2, 0) is 9.53 Å². The van der Waals surface area contributed by atoms with Gasteiger partial charge in [-0.3, -0.25) is 4.79 Å². The molecule has 0 spiro atoms. The minimum absolute atomic E-state index is 0.131. The number of morpholine rings is 1. The molecule has 112 valence electrons. The van der Waals surface area contributed by atoms with Crippen molar-refractivity contribution < 1.29 is 9.53 Å². The Hall–Kier alpha value is -0.610. The molecule has 1 rings (SSSR count). The number of nitrogens with one attached hydrogen (secondary N) is 2. The average Bonchev–Trinajstić information content (AvgIpc) is 2.38. The van der Waals surface area contributed by atoms with Crippen molar-refractivity contribution in [3.63, 3.8) is 0 Å². The van der Waals surface area contributed by atoms with Gasteiger partial charge in [0.1, 0.15) is 0 Å². The lowest BCUT2D eigenvalue weighted by Crippen LogP contribution is -2.45. The SMILES string of the molecule is CCCCCC(C)(C)CNC(=O)CC1COCCN1. The largest absolute Gasteiger partial charge is 0.378 e. The summed E-state index contributed by atoms with van der Waals surface area (Å²) in [5, 5.41) is 6.37. The molecule has 0 aromatic rings. The standard InChI is InChI=1S/C15H30N2O2/c1-4-5-6-7-15(2,3)12-17-14(18)10-13-11-19-9-8-16-13/h13,16H,4-12H2,1-3H3,(H,17,18). The maximum Gasteiger partial charge on any atom is 0.221 e. The molecule has 1 fully saturated rings. The van der Waals surface area contributed by atoms with E-state index >= 15 is 0 Å². The fourth-order valence-electron chi connectivity index (χ4n) is 2.33. The summed E-state index contributed by atoms with van der Waals surface area (Å²) in [7, 11) is 0. The molecule has 0 aromatic carbocycles. The van der Waals surface area contributed by atoms with Crippen molar-refractivity contribution in [2.45, 2.75) is 58.9 Å². The Morgan fingerprint density at radius 3 is 2.84 bits per heavy atom. The molecule has 1 amide bonds. The van der Waals surface area contributed by atoms with Gasteiger partial charge < -0.3 is 15.4 Å². The third-order valence-corrected chi connectivity index (χ3v) is 3.65. The highest BCUT2D eigenvalue weighted by molar-refractivity contribution is 5.76. The van der Waals surface area contributed by atoms with Crippen LogP contribution >= 0.6 is 0 Å². The highest BCUT2D eigenvalue weighted by atomic mass is 16.5. The molecule has 0 aliphatic carbocycles. The number of hydrogen-bond donors (Lipinski definition) is 2. The summed E-state index contributed by atoms with van der Waals surface area (Å²) in [6.45, 7) is 9.68. The number of carbonyl (C=O) groups excluding carboxylic acids is 1. The van der Waals surface area contributed by atoms with Crippen LogP contribution in [0.1, 0.15) is 52.9 Å². The van der Waals surface area contributed by atoms with Crippen LogP contribution in [0.15, 0.2) is 0 Å². The molecule has 0 bridgehead atoms. The third kappa shape index (κ3) is 7.53. The van der Waals surface area contributed by atoms with Gasteiger partial charge in [0.15, 0.2) is 0 Å². The van der Waals surface area contributed by atoms with E-state index in [-0.39, 0.29) is 17.4 Å². The van der Waals surface area contributed by atoms with Gasteiger partial charge in [0.05, 0.1) is 13.2 Å². The molecule has 1 unspecified atom stereocenters. The number of ether oxygens (including phenoxy) is 1. The lowest BCUT2D eigenvalue weighted by atomic mass is 9.87. The van der Waals surface area contributed by atoms with Crippen LogP contribution in [0, 0.1) is 5.41 Å². The van der Waals surface area contributed by atoms with Gasteiger partial charge in [-0.1, -0.05) is 40.0 Å². The van der Waals surface area contributed by atoms with Crippen LogP contribution in [-0.4, -0.2) is 38.3 Å². The summed E-state index contributed by atoms with van der Waals surface area (Å²) in [6.07, 6.45) is 5.46. The number of rotatable bonds is 8. The zero-order chi connectivity index (χ0) is 14.1. The summed E-state index contributed by atoms with van der Waals surface area (Å²) >= 11 is 0.